The summed E-state index contributed by atoms with van der Waals surface area (Å²) in [5.41, 5.74) is 0.891. The van der Waals surface area contributed by atoms with Crippen molar-refractivity contribution in [2.24, 2.45) is 0 Å². The van der Waals surface area contributed by atoms with Gasteiger partial charge in [-0.05, 0) is 18.2 Å². The van der Waals surface area contributed by atoms with Gasteiger partial charge in [0, 0.05) is 5.56 Å². The normalized spacial score (nSPS) is 19.7. The molecule has 1 fully saturated rings. The van der Waals surface area contributed by atoms with Crippen LogP contribution in [0.4, 0.5) is 0 Å². The fourth-order valence-corrected chi connectivity index (χ4v) is 1.67. The molecule has 1 aliphatic rings. The number of hydrogen-bond acceptors (Lipinski definition) is 4. The van der Waals surface area contributed by atoms with Crippen molar-refractivity contribution in [3.63, 3.8) is 0 Å². The molecule has 1 saturated heterocycles. The van der Waals surface area contributed by atoms with Crippen LogP contribution in [0.25, 0.3) is 6.08 Å². The van der Waals surface area contributed by atoms with Crippen LogP contribution in [-0.2, 0) is 9.53 Å². The molecule has 2 rings (SSSR count). The third kappa shape index (κ3) is 2.93. The van der Waals surface area contributed by atoms with Gasteiger partial charge in [0.25, 0.3) is 0 Å². The molecule has 1 aliphatic heterocycles. The number of rotatable bonds is 4. The molecule has 1 N–H and O–H groups in total. The van der Waals surface area contributed by atoms with E-state index in [-0.39, 0.29) is 11.8 Å². The summed E-state index contributed by atoms with van der Waals surface area (Å²) in [5, 5.41) is 2.97. The molecule has 17 heavy (non-hydrogen) atoms. The molecule has 4 heteroatoms. The molecule has 1 aromatic rings. The number of para-hydroxylation sites is 1. The van der Waals surface area contributed by atoms with E-state index in [4.69, 9.17) is 9.47 Å². The van der Waals surface area contributed by atoms with Gasteiger partial charge in [0.05, 0.1) is 26.5 Å². The molecule has 0 saturated carbocycles. The van der Waals surface area contributed by atoms with E-state index in [2.05, 4.69) is 5.32 Å². The number of carbonyl (C=O) groups excluding carboxylic acids is 1. The summed E-state index contributed by atoms with van der Waals surface area (Å²) in [4.78, 5) is 11.7. The van der Waals surface area contributed by atoms with Gasteiger partial charge in [-0.2, -0.15) is 0 Å². The molecule has 1 heterocycles. The van der Waals surface area contributed by atoms with Gasteiger partial charge >= 0.3 is 0 Å². The van der Waals surface area contributed by atoms with E-state index in [9.17, 15) is 4.79 Å². The van der Waals surface area contributed by atoms with Crippen LogP contribution in [0.5, 0.6) is 5.75 Å². The fourth-order valence-electron chi connectivity index (χ4n) is 1.67. The number of benzene rings is 1. The summed E-state index contributed by atoms with van der Waals surface area (Å²) in [7, 11) is 1.61. The van der Waals surface area contributed by atoms with Crippen molar-refractivity contribution >= 4 is 11.9 Å². The number of ether oxygens (including phenoxy) is 2. The second-order valence-electron chi connectivity index (χ2n) is 3.75. The lowest BCUT2D eigenvalue weighted by Gasteiger charge is -2.04. The van der Waals surface area contributed by atoms with Crippen molar-refractivity contribution in [2.75, 3.05) is 20.4 Å². The van der Waals surface area contributed by atoms with Crippen molar-refractivity contribution in [3.05, 3.63) is 35.9 Å². The molecule has 0 aliphatic carbocycles. The van der Waals surface area contributed by atoms with Crippen LogP contribution >= 0.6 is 0 Å². The highest BCUT2D eigenvalue weighted by Crippen LogP contribution is 2.18. The van der Waals surface area contributed by atoms with E-state index in [1.165, 1.54) is 0 Å². The lowest BCUT2D eigenvalue weighted by Crippen LogP contribution is -2.31. The van der Waals surface area contributed by atoms with Crippen LogP contribution in [0, 0.1) is 0 Å². The number of carbonyl (C=O) groups is 1. The first-order valence-corrected chi connectivity index (χ1v) is 5.47. The Balaban J connectivity index is 2.06. The molecule has 0 unspecified atom stereocenters. The van der Waals surface area contributed by atoms with Crippen LogP contribution in [0.3, 0.4) is 0 Å². The van der Waals surface area contributed by atoms with Gasteiger partial charge in [-0.15, -0.1) is 0 Å². The Morgan fingerprint density at radius 2 is 2.35 bits per heavy atom. The molecule has 4 nitrogen and oxygen atoms in total. The summed E-state index contributed by atoms with van der Waals surface area (Å²) in [5.74, 6) is 0.778. The van der Waals surface area contributed by atoms with Crippen molar-refractivity contribution in [3.8, 4) is 5.75 Å². The first kappa shape index (κ1) is 11.8. The van der Waals surface area contributed by atoms with Crippen molar-refractivity contribution in [2.45, 2.75) is 6.04 Å². The summed E-state index contributed by atoms with van der Waals surface area (Å²) < 4.78 is 10.3. The first-order valence-electron chi connectivity index (χ1n) is 5.47. The lowest BCUT2D eigenvalue weighted by atomic mass is 10.1. The average Bonchev–Trinajstić information content (AvgIpc) is 2.90. The molecule has 0 amide bonds. The summed E-state index contributed by atoms with van der Waals surface area (Å²) in [6, 6.07) is 7.34. The molecular formula is C13H15NO3. The van der Waals surface area contributed by atoms with Crippen molar-refractivity contribution in [1.29, 1.82) is 0 Å². The number of hydrogen-bond donors (Lipinski definition) is 1. The number of ketones is 1. The standard InChI is InChI=1S/C13H15NO3/c1-16-13-5-3-2-4-10(13)6-7-12(15)11-8-17-9-14-11/h2-7,11,14H,8-9H2,1H3/b7-6-/t11-/m1/s1. The number of nitrogens with one attached hydrogen (secondary N) is 1. The van der Waals surface area contributed by atoms with Gasteiger partial charge in [-0.3, -0.25) is 10.1 Å². The SMILES string of the molecule is COc1ccccc1/C=C\C(=O)[C@H]1COCN1. The van der Waals surface area contributed by atoms with Gasteiger partial charge in [0.2, 0.25) is 0 Å². The minimum atomic E-state index is -0.221. The van der Waals surface area contributed by atoms with Crippen molar-refractivity contribution in [1.82, 2.24) is 5.32 Å². The van der Waals surface area contributed by atoms with Gasteiger partial charge < -0.3 is 9.47 Å². The molecule has 0 bridgehead atoms. The Morgan fingerprint density at radius 1 is 1.53 bits per heavy atom. The van der Waals surface area contributed by atoms with E-state index in [1.54, 1.807) is 19.3 Å². The molecule has 0 radical (unpaired) electrons. The lowest BCUT2D eigenvalue weighted by molar-refractivity contribution is -0.116. The monoisotopic (exact) mass is 233 g/mol. The largest absolute Gasteiger partial charge is 0.496 e. The van der Waals surface area contributed by atoms with Crippen LogP contribution in [-0.4, -0.2) is 32.3 Å². The second kappa shape index (κ2) is 5.61. The Bertz CT molecular complexity index is 422. The highest BCUT2D eigenvalue weighted by Gasteiger charge is 2.20. The van der Waals surface area contributed by atoms with E-state index in [0.29, 0.717) is 13.3 Å². The van der Waals surface area contributed by atoms with Gasteiger partial charge in [0.15, 0.2) is 5.78 Å². The smallest absolute Gasteiger partial charge is 0.175 e. The average molecular weight is 233 g/mol. The summed E-state index contributed by atoms with van der Waals surface area (Å²) in [6.07, 6.45) is 3.32. The Morgan fingerprint density at radius 3 is 3.06 bits per heavy atom. The molecular weight excluding hydrogens is 218 g/mol. The Hall–Kier alpha value is -1.65. The van der Waals surface area contributed by atoms with Crippen molar-refractivity contribution < 1.29 is 14.3 Å². The zero-order chi connectivity index (χ0) is 12.1. The topological polar surface area (TPSA) is 47.6 Å². The molecule has 0 aromatic heterocycles. The van der Waals surface area contributed by atoms with E-state index < -0.39 is 0 Å². The Kier molecular flexibility index (Phi) is 3.90. The van der Waals surface area contributed by atoms with Crippen LogP contribution in [0.2, 0.25) is 0 Å². The fraction of sp³-hybridized carbons (Fsp3) is 0.308. The third-order valence-corrected chi connectivity index (χ3v) is 2.63. The zero-order valence-corrected chi connectivity index (χ0v) is 9.68. The predicted octanol–water partition coefficient (Wildman–Crippen LogP) is 1.22. The second-order valence-corrected chi connectivity index (χ2v) is 3.75. The number of methoxy groups -OCH3 is 1. The molecule has 90 valence electrons. The quantitative estimate of drug-likeness (QED) is 0.794. The maximum absolute atomic E-state index is 11.7. The summed E-state index contributed by atoms with van der Waals surface area (Å²) in [6.45, 7) is 0.883. The maximum Gasteiger partial charge on any atom is 0.175 e. The van der Waals surface area contributed by atoms with Gasteiger partial charge in [0.1, 0.15) is 5.75 Å². The van der Waals surface area contributed by atoms with Crippen LogP contribution in [0.1, 0.15) is 5.56 Å². The maximum atomic E-state index is 11.7. The van der Waals surface area contributed by atoms with E-state index >= 15 is 0 Å². The molecule has 1 aromatic carbocycles. The van der Waals surface area contributed by atoms with Gasteiger partial charge in [-0.25, -0.2) is 0 Å². The highest BCUT2D eigenvalue weighted by atomic mass is 16.5. The minimum absolute atomic E-state index is 0.0217. The van der Waals surface area contributed by atoms with E-state index in [1.807, 2.05) is 24.3 Å². The highest BCUT2D eigenvalue weighted by molar-refractivity contribution is 5.98. The minimum Gasteiger partial charge on any atom is -0.496 e. The third-order valence-electron chi connectivity index (χ3n) is 2.63. The first-order chi connectivity index (χ1) is 8.31. The molecule has 1 atom stereocenters. The Labute approximate surface area is 100 Å². The van der Waals surface area contributed by atoms with Gasteiger partial charge in [-0.1, -0.05) is 18.2 Å². The predicted molar refractivity (Wildman–Crippen MR) is 64.8 cm³/mol. The zero-order valence-electron chi connectivity index (χ0n) is 9.68. The summed E-state index contributed by atoms with van der Waals surface area (Å²) >= 11 is 0. The molecule has 0 spiro atoms. The van der Waals surface area contributed by atoms with Crippen LogP contribution < -0.4 is 10.1 Å². The van der Waals surface area contributed by atoms with Crippen LogP contribution in [0.15, 0.2) is 30.3 Å². The van der Waals surface area contributed by atoms with E-state index in [0.717, 1.165) is 11.3 Å².